The Hall–Kier alpha value is -0.0800. The minimum Gasteiger partial charge on any atom is -0.380 e. The van der Waals surface area contributed by atoms with Gasteiger partial charge in [-0.15, -0.1) is 0 Å². The molecule has 0 spiro atoms. The molecule has 0 radical (unpaired) electrons. The van der Waals surface area contributed by atoms with Gasteiger partial charge in [0.15, 0.2) is 0 Å². The van der Waals surface area contributed by atoms with E-state index in [-0.39, 0.29) is 0 Å². The summed E-state index contributed by atoms with van der Waals surface area (Å²) in [6.07, 6.45) is 4.13. The van der Waals surface area contributed by atoms with E-state index >= 15 is 0 Å². The van der Waals surface area contributed by atoms with Gasteiger partial charge >= 0.3 is 0 Å². The van der Waals surface area contributed by atoms with E-state index in [1.54, 1.807) is 0 Å². The molecule has 0 amide bonds. The lowest BCUT2D eigenvalue weighted by Gasteiger charge is -2.34. The van der Waals surface area contributed by atoms with Gasteiger partial charge in [-0.3, -0.25) is 0 Å². The third kappa shape index (κ3) is 4.84. The van der Waals surface area contributed by atoms with Crippen molar-refractivity contribution in [3.8, 4) is 0 Å². The van der Waals surface area contributed by atoms with Gasteiger partial charge < -0.3 is 10.1 Å². The van der Waals surface area contributed by atoms with Gasteiger partial charge in [-0.25, -0.2) is 0 Å². The Labute approximate surface area is 101 Å². The molecule has 16 heavy (non-hydrogen) atoms. The summed E-state index contributed by atoms with van der Waals surface area (Å²) in [5.74, 6) is 2.34. The zero-order valence-corrected chi connectivity index (χ0v) is 11.5. The maximum absolute atomic E-state index is 5.59. The summed E-state index contributed by atoms with van der Waals surface area (Å²) >= 11 is 0. The van der Waals surface area contributed by atoms with Crippen LogP contribution in [0.15, 0.2) is 0 Å². The van der Waals surface area contributed by atoms with Crippen LogP contribution in [-0.2, 0) is 4.74 Å². The van der Waals surface area contributed by atoms with Crippen molar-refractivity contribution in [3.63, 3.8) is 0 Å². The highest BCUT2D eigenvalue weighted by Gasteiger charge is 2.26. The molecule has 0 aromatic heterocycles. The zero-order chi connectivity index (χ0) is 12.0. The number of ether oxygens (including phenoxy) is 1. The van der Waals surface area contributed by atoms with Gasteiger partial charge in [0.05, 0.1) is 6.61 Å². The largest absolute Gasteiger partial charge is 0.380 e. The smallest absolute Gasteiger partial charge is 0.0591 e. The van der Waals surface area contributed by atoms with Crippen LogP contribution in [0.4, 0.5) is 0 Å². The van der Waals surface area contributed by atoms with Gasteiger partial charge in [0.25, 0.3) is 0 Å². The Bertz CT molecular complexity index is 182. The standard InChI is InChI=1S/C14H29NO/c1-11(2)10-16-9-8-15-14-7-5-6-12(3)13(14)4/h11-15H,5-10H2,1-4H3. The SMILES string of the molecule is CC(C)COCCNC1CCCC(C)C1C. The monoisotopic (exact) mass is 227 g/mol. The minimum atomic E-state index is 0.647. The third-order valence-corrected chi connectivity index (χ3v) is 3.81. The average Bonchev–Trinajstić information content (AvgIpc) is 2.23. The molecule has 96 valence electrons. The lowest BCUT2D eigenvalue weighted by atomic mass is 9.78. The molecule has 1 saturated carbocycles. The van der Waals surface area contributed by atoms with E-state index in [2.05, 4.69) is 33.0 Å². The normalized spacial score (nSPS) is 30.9. The van der Waals surface area contributed by atoms with Crippen LogP contribution in [-0.4, -0.2) is 25.8 Å². The highest BCUT2D eigenvalue weighted by molar-refractivity contribution is 4.81. The van der Waals surface area contributed by atoms with Crippen LogP contribution in [0, 0.1) is 17.8 Å². The summed E-state index contributed by atoms with van der Waals surface area (Å²) in [7, 11) is 0. The molecule has 0 aromatic rings. The van der Waals surface area contributed by atoms with E-state index in [1.165, 1.54) is 19.3 Å². The van der Waals surface area contributed by atoms with Crippen LogP contribution in [0.5, 0.6) is 0 Å². The third-order valence-electron chi connectivity index (χ3n) is 3.81. The van der Waals surface area contributed by atoms with E-state index in [4.69, 9.17) is 4.74 Å². The topological polar surface area (TPSA) is 21.3 Å². The second kappa shape index (κ2) is 7.29. The molecule has 0 aromatic carbocycles. The van der Waals surface area contributed by atoms with Crippen LogP contribution in [0.3, 0.4) is 0 Å². The first-order chi connectivity index (χ1) is 7.61. The highest BCUT2D eigenvalue weighted by atomic mass is 16.5. The Morgan fingerprint density at radius 3 is 2.69 bits per heavy atom. The number of rotatable bonds is 6. The van der Waals surface area contributed by atoms with E-state index < -0.39 is 0 Å². The summed E-state index contributed by atoms with van der Waals surface area (Å²) in [5.41, 5.74) is 0. The van der Waals surface area contributed by atoms with Crippen LogP contribution in [0.2, 0.25) is 0 Å². The maximum atomic E-state index is 5.59. The van der Waals surface area contributed by atoms with Gasteiger partial charge in [-0.2, -0.15) is 0 Å². The molecule has 1 aliphatic rings. The van der Waals surface area contributed by atoms with Crippen LogP contribution in [0.25, 0.3) is 0 Å². The molecule has 1 N–H and O–H groups in total. The fourth-order valence-electron chi connectivity index (χ4n) is 2.51. The fraction of sp³-hybridized carbons (Fsp3) is 1.00. The molecule has 0 saturated heterocycles. The second-order valence-corrected chi connectivity index (χ2v) is 5.80. The number of nitrogens with one attached hydrogen (secondary N) is 1. The molecule has 1 rings (SSSR count). The minimum absolute atomic E-state index is 0.647. The van der Waals surface area contributed by atoms with Gasteiger partial charge in [-0.1, -0.05) is 40.5 Å². The van der Waals surface area contributed by atoms with Gasteiger partial charge in [0.2, 0.25) is 0 Å². The van der Waals surface area contributed by atoms with E-state index in [9.17, 15) is 0 Å². The first kappa shape index (κ1) is 14.0. The molecule has 1 aliphatic carbocycles. The lowest BCUT2D eigenvalue weighted by Crippen LogP contribution is -2.42. The highest BCUT2D eigenvalue weighted by Crippen LogP contribution is 2.29. The van der Waals surface area contributed by atoms with E-state index in [1.807, 2.05) is 0 Å². The number of hydrogen-bond donors (Lipinski definition) is 1. The summed E-state index contributed by atoms with van der Waals surface area (Å²) in [4.78, 5) is 0. The van der Waals surface area contributed by atoms with Crippen molar-refractivity contribution >= 4 is 0 Å². The summed E-state index contributed by atoms with van der Waals surface area (Å²) in [6, 6.07) is 0.714. The van der Waals surface area contributed by atoms with Crippen molar-refractivity contribution in [1.29, 1.82) is 0 Å². The first-order valence-electron chi connectivity index (χ1n) is 6.92. The molecule has 0 aliphatic heterocycles. The van der Waals surface area contributed by atoms with Crippen molar-refractivity contribution in [2.24, 2.45) is 17.8 Å². The molecule has 2 heteroatoms. The molecule has 3 unspecified atom stereocenters. The predicted molar refractivity (Wildman–Crippen MR) is 69.6 cm³/mol. The van der Waals surface area contributed by atoms with Crippen LogP contribution >= 0.6 is 0 Å². The Morgan fingerprint density at radius 2 is 2.00 bits per heavy atom. The van der Waals surface area contributed by atoms with Crippen molar-refractivity contribution < 1.29 is 4.74 Å². The molecule has 0 bridgehead atoms. The van der Waals surface area contributed by atoms with Crippen molar-refractivity contribution in [3.05, 3.63) is 0 Å². The molecule has 2 nitrogen and oxygen atoms in total. The van der Waals surface area contributed by atoms with Gasteiger partial charge in [0, 0.05) is 19.2 Å². The summed E-state index contributed by atoms with van der Waals surface area (Å²) in [5, 5.41) is 3.65. The Morgan fingerprint density at radius 1 is 1.25 bits per heavy atom. The molecule has 0 heterocycles. The van der Waals surface area contributed by atoms with Crippen molar-refractivity contribution in [2.75, 3.05) is 19.8 Å². The molecule has 3 atom stereocenters. The first-order valence-corrected chi connectivity index (χ1v) is 6.92. The molecular formula is C14H29NO. The van der Waals surface area contributed by atoms with Crippen LogP contribution in [0.1, 0.15) is 47.0 Å². The summed E-state index contributed by atoms with van der Waals surface area (Å²) < 4.78 is 5.59. The van der Waals surface area contributed by atoms with Crippen molar-refractivity contribution in [1.82, 2.24) is 5.32 Å². The number of hydrogen-bond acceptors (Lipinski definition) is 2. The zero-order valence-electron chi connectivity index (χ0n) is 11.5. The second-order valence-electron chi connectivity index (χ2n) is 5.80. The lowest BCUT2D eigenvalue weighted by molar-refractivity contribution is 0.104. The fourth-order valence-corrected chi connectivity index (χ4v) is 2.51. The van der Waals surface area contributed by atoms with Crippen molar-refractivity contribution in [2.45, 2.75) is 53.0 Å². The quantitative estimate of drug-likeness (QED) is 0.704. The van der Waals surface area contributed by atoms with E-state index in [0.29, 0.717) is 12.0 Å². The maximum Gasteiger partial charge on any atom is 0.0591 e. The average molecular weight is 227 g/mol. The summed E-state index contributed by atoms with van der Waals surface area (Å²) in [6.45, 7) is 11.9. The van der Waals surface area contributed by atoms with E-state index in [0.717, 1.165) is 31.6 Å². The Balaban J connectivity index is 2.07. The Kier molecular flexibility index (Phi) is 6.37. The van der Waals surface area contributed by atoms with Crippen LogP contribution < -0.4 is 5.32 Å². The van der Waals surface area contributed by atoms with Gasteiger partial charge in [0.1, 0.15) is 0 Å². The van der Waals surface area contributed by atoms with Gasteiger partial charge in [-0.05, 0) is 24.2 Å². The molecule has 1 fully saturated rings. The predicted octanol–water partition coefficient (Wildman–Crippen LogP) is 3.07. The molecular weight excluding hydrogens is 198 g/mol.